The molecule has 23 heavy (non-hydrogen) atoms. The zero-order valence-corrected chi connectivity index (χ0v) is 14.5. The zero-order valence-electron chi connectivity index (χ0n) is 13.6. The van der Waals surface area contributed by atoms with Crippen LogP contribution < -0.4 is 10.6 Å². The number of carbonyl (C=O) groups excluding carboxylic acids is 4. The fraction of sp³-hybridized carbons (Fsp3) is 0.714. The van der Waals surface area contributed by atoms with E-state index in [1.54, 1.807) is 20.8 Å². The van der Waals surface area contributed by atoms with E-state index in [9.17, 15) is 19.2 Å². The van der Waals surface area contributed by atoms with Crippen LogP contribution in [0.4, 0.5) is 4.79 Å². The Balaban J connectivity index is 2.65. The molecule has 1 aliphatic rings. The highest BCUT2D eigenvalue weighted by Gasteiger charge is 2.36. The van der Waals surface area contributed by atoms with Crippen molar-refractivity contribution in [3.63, 3.8) is 0 Å². The van der Waals surface area contributed by atoms with Crippen molar-refractivity contribution in [1.29, 1.82) is 0 Å². The maximum absolute atomic E-state index is 12.2. The molecular weight excluding hydrogens is 324 g/mol. The van der Waals surface area contributed by atoms with Gasteiger partial charge in [0.1, 0.15) is 11.6 Å². The highest BCUT2D eigenvalue weighted by Crippen LogP contribution is 2.12. The fourth-order valence-electron chi connectivity index (χ4n) is 1.78. The molecule has 130 valence electrons. The van der Waals surface area contributed by atoms with Gasteiger partial charge < -0.3 is 14.8 Å². The van der Waals surface area contributed by atoms with Crippen molar-refractivity contribution < 1.29 is 28.7 Å². The van der Waals surface area contributed by atoms with Gasteiger partial charge in [0.2, 0.25) is 5.91 Å². The van der Waals surface area contributed by atoms with E-state index in [1.165, 1.54) is 11.8 Å². The van der Waals surface area contributed by atoms with Crippen LogP contribution in [0.25, 0.3) is 0 Å². The van der Waals surface area contributed by atoms with E-state index in [0.29, 0.717) is 12.2 Å². The van der Waals surface area contributed by atoms with Gasteiger partial charge in [0.05, 0.1) is 6.42 Å². The molecule has 0 saturated carbocycles. The molecule has 9 heteroatoms. The molecule has 1 heterocycles. The maximum atomic E-state index is 12.2. The lowest BCUT2D eigenvalue weighted by molar-refractivity contribution is -0.156. The van der Waals surface area contributed by atoms with E-state index in [-0.39, 0.29) is 6.42 Å². The van der Waals surface area contributed by atoms with Gasteiger partial charge >= 0.3 is 12.1 Å². The van der Waals surface area contributed by atoms with Crippen LogP contribution in [0.5, 0.6) is 0 Å². The molecule has 3 amide bonds. The summed E-state index contributed by atoms with van der Waals surface area (Å²) in [5.41, 5.74) is -0.699. The van der Waals surface area contributed by atoms with Crippen molar-refractivity contribution in [2.75, 3.05) is 12.0 Å². The normalized spacial score (nSPS) is 19.0. The average molecular weight is 346 g/mol. The van der Waals surface area contributed by atoms with Gasteiger partial charge in [0.25, 0.3) is 5.91 Å². The minimum Gasteiger partial charge on any atom is -0.450 e. The van der Waals surface area contributed by atoms with Crippen LogP contribution in [-0.4, -0.2) is 53.6 Å². The number of nitrogens with one attached hydrogen (secondary N) is 2. The second kappa shape index (κ2) is 8.19. The van der Waals surface area contributed by atoms with Crippen LogP contribution in [0, 0.1) is 0 Å². The summed E-state index contributed by atoms with van der Waals surface area (Å²) in [6.07, 6.45) is 0.0898. The molecule has 0 radical (unpaired) electrons. The Morgan fingerprint density at radius 1 is 1.39 bits per heavy atom. The highest BCUT2D eigenvalue weighted by molar-refractivity contribution is 7.98. The van der Waals surface area contributed by atoms with E-state index in [0.717, 1.165) is 0 Å². The highest BCUT2D eigenvalue weighted by atomic mass is 32.2. The van der Waals surface area contributed by atoms with Gasteiger partial charge in [-0.15, -0.1) is 0 Å². The number of carbonyl (C=O) groups is 4. The molecule has 0 aliphatic carbocycles. The Morgan fingerprint density at radius 3 is 2.52 bits per heavy atom. The summed E-state index contributed by atoms with van der Waals surface area (Å²) in [6, 6.07) is -0.944. The molecule has 1 rings (SSSR count). The van der Waals surface area contributed by atoms with Crippen molar-refractivity contribution in [2.24, 2.45) is 0 Å². The van der Waals surface area contributed by atoms with E-state index >= 15 is 0 Å². The number of rotatable bonds is 6. The molecule has 1 saturated heterocycles. The summed E-state index contributed by atoms with van der Waals surface area (Å²) >= 11 is 1.50. The second-order valence-corrected chi connectivity index (χ2v) is 7.01. The van der Waals surface area contributed by atoms with Crippen molar-refractivity contribution in [3.8, 4) is 0 Å². The molecule has 0 bridgehead atoms. The van der Waals surface area contributed by atoms with Gasteiger partial charge in [-0.2, -0.15) is 11.8 Å². The molecule has 1 fully saturated rings. The first-order valence-electron chi connectivity index (χ1n) is 7.15. The van der Waals surface area contributed by atoms with Crippen LogP contribution in [0.2, 0.25) is 0 Å². The minimum absolute atomic E-state index is 0.202. The maximum Gasteiger partial charge on any atom is 0.408 e. The van der Waals surface area contributed by atoms with Gasteiger partial charge in [-0.1, -0.05) is 0 Å². The molecular formula is C14H22N2O6S. The van der Waals surface area contributed by atoms with Crippen molar-refractivity contribution in [1.82, 2.24) is 10.6 Å². The van der Waals surface area contributed by atoms with Crippen molar-refractivity contribution in [2.45, 2.75) is 51.4 Å². The molecule has 2 atom stereocenters. The largest absolute Gasteiger partial charge is 0.450 e. The number of alkyl carbamates (subject to hydrolysis) is 1. The predicted molar refractivity (Wildman–Crippen MR) is 83.8 cm³/mol. The summed E-state index contributed by atoms with van der Waals surface area (Å²) in [5, 5.41) is 4.50. The lowest BCUT2D eigenvalue weighted by Gasteiger charge is -2.23. The van der Waals surface area contributed by atoms with Gasteiger partial charge in [-0.05, 0) is 39.2 Å². The number of hydrogen-bond acceptors (Lipinski definition) is 7. The Kier molecular flexibility index (Phi) is 6.86. The Hall–Kier alpha value is -1.77. The molecule has 0 aromatic heterocycles. The van der Waals surface area contributed by atoms with Gasteiger partial charge in [-0.3, -0.25) is 14.9 Å². The van der Waals surface area contributed by atoms with E-state index in [4.69, 9.17) is 9.47 Å². The number of imide groups is 1. The van der Waals surface area contributed by atoms with Gasteiger partial charge in [0, 0.05) is 0 Å². The van der Waals surface area contributed by atoms with Crippen LogP contribution in [0.15, 0.2) is 0 Å². The number of amides is 3. The Bertz CT molecular complexity index is 488. The lowest BCUT2D eigenvalue weighted by Crippen LogP contribution is -2.46. The minimum atomic E-state index is -1.15. The van der Waals surface area contributed by atoms with Crippen molar-refractivity contribution in [3.05, 3.63) is 0 Å². The molecule has 0 aromatic rings. The van der Waals surface area contributed by atoms with E-state index in [1.807, 2.05) is 6.26 Å². The molecule has 0 aromatic carbocycles. The fourth-order valence-corrected chi connectivity index (χ4v) is 2.25. The molecule has 0 unspecified atom stereocenters. The summed E-state index contributed by atoms with van der Waals surface area (Å²) < 4.78 is 10.1. The first kappa shape index (κ1) is 19.3. The Labute approximate surface area is 139 Å². The predicted octanol–water partition coefficient (Wildman–Crippen LogP) is 0.591. The summed E-state index contributed by atoms with van der Waals surface area (Å²) in [7, 11) is 0. The second-order valence-electron chi connectivity index (χ2n) is 6.02. The third-order valence-corrected chi connectivity index (χ3v) is 3.41. The van der Waals surface area contributed by atoms with E-state index in [2.05, 4.69) is 10.6 Å². The third-order valence-electron chi connectivity index (χ3n) is 2.77. The smallest absolute Gasteiger partial charge is 0.408 e. The van der Waals surface area contributed by atoms with E-state index < -0.39 is 41.6 Å². The number of hydrogen-bond donors (Lipinski definition) is 2. The number of thioether (sulfide) groups is 1. The van der Waals surface area contributed by atoms with Gasteiger partial charge in [-0.25, -0.2) is 9.59 Å². The molecule has 1 aliphatic heterocycles. The lowest BCUT2D eigenvalue weighted by atomic mass is 10.2. The molecule has 8 nitrogen and oxygen atoms in total. The standard InChI is InChI=1S/C14H22N2O6S/c1-14(2,3)22-13(20)15-8(5-6-23-4)12(19)21-9-7-10(17)16-11(9)18/h8-9H,5-7H2,1-4H3,(H,15,20)(H,16,17,18)/t8-,9+/m0/s1. The first-order chi connectivity index (χ1) is 10.6. The summed E-state index contributed by atoms with van der Waals surface area (Å²) in [5.74, 6) is -1.30. The SMILES string of the molecule is CSCC[C@H](NC(=O)OC(C)(C)C)C(=O)O[C@@H]1CC(=O)NC1=O. The van der Waals surface area contributed by atoms with Gasteiger partial charge in [0.15, 0.2) is 6.10 Å². The van der Waals surface area contributed by atoms with Crippen LogP contribution in [-0.2, 0) is 23.9 Å². The number of esters is 1. The quantitative estimate of drug-likeness (QED) is 0.535. The van der Waals surface area contributed by atoms with Crippen molar-refractivity contribution >= 4 is 35.6 Å². The Morgan fingerprint density at radius 2 is 2.04 bits per heavy atom. The average Bonchev–Trinajstić information content (AvgIpc) is 2.70. The molecule has 2 N–H and O–H groups in total. The van der Waals surface area contributed by atoms with Crippen LogP contribution in [0.3, 0.4) is 0 Å². The summed E-state index contributed by atoms with van der Waals surface area (Å²) in [4.78, 5) is 46.5. The summed E-state index contributed by atoms with van der Waals surface area (Å²) in [6.45, 7) is 5.11. The zero-order chi connectivity index (χ0) is 17.6. The third kappa shape index (κ3) is 6.89. The number of ether oxygens (including phenoxy) is 2. The molecule has 0 spiro atoms. The monoisotopic (exact) mass is 346 g/mol. The first-order valence-corrected chi connectivity index (χ1v) is 8.54. The van der Waals surface area contributed by atoms with Crippen LogP contribution in [0.1, 0.15) is 33.6 Å². The topological polar surface area (TPSA) is 111 Å². The van der Waals surface area contributed by atoms with Crippen LogP contribution >= 0.6 is 11.8 Å².